The molecule has 2 heterocycles. The second-order valence-corrected chi connectivity index (χ2v) is 6.25. The molecule has 0 bridgehead atoms. The summed E-state index contributed by atoms with van der Waals surface area (Å²) in [4.78, 5) is 13.9. The summed E-state index contributed by atoms with van der Waals surface area (Å²) in [5.74, 6) is 0.446. The Hall–Kier alpha value is -2.05. The number of aromatic nitrogens is 2. The van der Waals surface area contributed by atoms with E-state index in [2.05, 4.69) is 15.0 Å². The Bertz CT molecular complexity index is 727. The van der Waals surface area contributed by atoms with Crippen LogP contribution in [0.2, 0.25) is 0 Å². The molecule has 0 spiro atoms. The van der Waals surface area contributed by atoms with Gasteiger partial charge in [0.15, 0.2) is 10.8 Å². The van der Waals surface area contributed by atoms with E-state index in [0.717, 1.165) is 26.1 Å². The summed E-state index contributed by atoms with van der Waals surface area (Å²) < 4.78 is 0. The van der Waals surface area contributed by atoms with Crippen LogP contribution in [0.4, 0.5) is 5.69 Å². The number of aliphatic imine (C=N–C) groups is 1. The first-order valence-electron chi connectivity index (χ1n) is 5.99. The molecule has 4 nitrogen and oxygen atoms in total. The third-order valence-electron chi connectivity index (χ3n) is 2.67. The number of benzene rings is 1. The highest BCUT2D eigenvalue weighted by Crippen LogP contribution is 2.27. The van der Waals surface area contributed by atoms with E-state index in [4.69, 9.17) is 5.73 Å². The SMILES string of the molecule is Cc1ncc(-c2ccc(N=C(N)c3nccs3)cc2)s1. The van der Waals surface area contributed by atoms with Crippen LogP contribution in [-0.4, -0.2) is 15.8 Å². The van der Waals surface area contributed by atoms with E-state index in [9.17, 15) is 0 Å². The molecule has 20 heavy (non-hydrogen) atoms. The largest absolute Gasteiger partial charge is 0.381 e. The predicted molar refractivity (Wildman–Crippen MR) is 84.8 cm³/mol. The van der Waals surface area contributed by atoms with Crippen LogP contribution in [0.3, 0.4) is 0 Å². The van der Waals surface area contributed by atoms with Gasteiger partial charge in [-0.25, -0.2) is 15.0 Å². The molecule has 0 saturated heterocycles. The number of amidine groups is 1. The van der Waals surface area contributed by atoms with Crippen LogP contribution in [0.15, 0.2) is 47.0 Å². The molecule has 3 aromatic rings. The third kappa shape index (κ3) is 2.76. The standard InChI is InChI=1S/C14H12N4S2/c1-9-17-8-12(20-9)10-2-4-11(5-3-10)18-13(15)14-16-6-7-19-14/h2-8H,1H3,(H2,15,18). The van der Waals surface area contributed by atoms with Crippen LogP contribution in [0, 0.1) is 6.92 Å². The van der Waals surface area contributed by atoms with Gasteiger partial charge in [0.1, 0.15) is 0 Å². The lowest BCUT2D eigenvalue weighted by Crippen LogP contribution is -2.11. The summed E-state index contributed by atoms with van der Waals surface area (Å²) in [6, 6.07) is 7.96. The maximum Gasteiger partial charge on any atom is 0.160 e. The van der Waals surface area contributed by atoms with Crippen LogP contribution in [-0.2, 0) is 0 Å². The average Bonchev–Trinajstić information content (AvgIpc) is 3.10. The van der Waals surface area contributed by atoms with Gasteiger partial charge in [-0.3, -0.25) is 0 Å². The number of nitrogens with zero attached hydrogens (tertiary/aromatic N) is 3. The first kappa shape index (κ1) is 13.0. The van der Waals surface area contributed by atoms with Crippen molar-refractivity contribution in [1.82, 2.24) is 9.97 Å². The lowest BCUT2D eigenvalue weighted by molar-refractivity contribution is 1.30. The van der Waals surface area contributed by atoms with E-state index in [-0.39, 0.29) is 0 Å². The van der Waals surface area contributed by atoms with E-state index in [1.54, 1.807) is 17.5 Å². The molecular weight excluding hydrogens is 288 g/mol. The van der Waals surface area contributed by atoms with E-state index in [0.29, 0.717) is 5.84 Å². The zero-order chi connectivity index (χ0) is 13.9. The number of nitrogens with two attached hydrogens (primary N) is 1. The Kier molecular flexibility index (Phi) is 3.58. The molecule has 0 unspecified atom stereocenters. The number of hydrogen-bond acceptors (Lipinski definition) is 5. The van der Waals surface area contributed by atoms with Crippen molar-refractivity contribution < 1.29 is 0 Å². The van der Waals surface area contributed by atoms with Gasteiger partial charge in [0.05, 0.1) is 15.6 Å². The Morgan fingerprint density at radius 2 is 2.00 bits per heavy atom. The molecule has 0 fully saturated rings. The summed E-state index contributed by atoms with van der Waals surface area (Å²) in [7, 11) is 0. The van der Waals surface area contributed by atoms with Gasteiger partial charge in [-0.1, -0.05) is 12.1 Å². The number of rotatable bonds is 3. The predicted octanol–water partition coefficient (Wildman–Crippen LogP) is 3.61. The maximum absolute atomic E-state index is 5.91. The van der Waals surface area contributed by atoms with Crippen LogP contribution in [0.1, 0.15) is 10.0 Å². The van der Waals surface area contributed by atoms with Crippen molar-refractivity contribution in [3.63, 3.8) is 0 Å². The molecule has 0 radical (unpaired) electrons. The fourth-order valence-electron chi connectivity index (χ4n) is 1.73. The number of hydrogen-bond donors (Lipinski definition) is 1. The topological polar surface area (TPSA) is 64.2 Å². The third-order valence-corrected chi connectivity index (χ3v) is 4.43. The highest BCUT2D eigenvalue weighted by atomic mass is 32.1. The fourth-order valence-corrected chi connectivity index (χ4v) is 3.05. The van der Waals surface area contributed by atoms with Crippen molar-refractivity contribution in [2.75, 3.05) is 0 Å². The molecule has 0 aliphatic heterocycles. The van der Waals surface area contributed by atoms with Crippen LogP contribution < -0.4 is 5.73 Å². The summed E-state index contributed by atoms with van der Waals surface area (Å²) >= 11 is 3.16. The Balaban J connectivity index is 1.85. The van der Waals surface area contributed by atoms with Crippen LogP contribution in [0.25, 0.3) is 10.4 Å². The second-order valence-electron chi connectivity index (χ2n) is 4.12. The Morgan fingerprint density at radius 1 is 1.20 bits per heavy atom. The van der Waals surface area contributed by atoms with E-state index >= 15 is 0 Å². The van der Waals surface area contributed by atoms with Crippen molar-refractivity contribution in [2.24, 2.45) is 10.7 Å². The minimum atomic E-state index is 0.446. The fraction of sp³-hybridized carbons (Fsp3) is 0.0714. The molecule has 2 N–H and O–H groups in total. The molecule has 6 heteroatoms. The monoisotopic (exact) mass is 300 g/mol. The molecule has 100 valence electrons. The van der Waals surface area contributed by atoms with Crippen LogP contribution >= 0.6 is 22.7 Å². The average molecular weight is 300 g/mol. The molecule has 0 amide bonds. The van der Waals surface area contributed by atoms with Crippen molar-refractivity contribution >= 4 is 34.2 Å². The summed E-state index contributed by atoms with van der Waals surface area (Å²) in [6.45, 7) is 2.00. The maximum atomic E-state index is 5.91. The first-order valence-corrected chi connectivity index (χ1v) is 7.69. The molecule has 0 aliphatic rings. The van der Waals surface area contributed by atoms with E-state index < -0.39 is 0 Å². The van der Waals surface area contributed by atoms with Crippen molar-refractivity contribution in [3.8, 4) is 10.4 Å². The first-order chi connectivity index (χ1) is 9.72. The molecule has 0 atom stereocenters. The molecule has 0 saturated carbocycles. The van der Waals surface area contributed by atoms with E-state index in [1.807, 2.05) is 42.8 Å². The van der Waals surface area contributed by atoms with Gasteiger partial charge in [0, 0.05) is 17.8 Å². The van der Waals surface area contributed by atoms with Gasteiger partial charge in [0.25, 0.3) is 0 Å². The van der Waals surface area contributed by atoms with Crippen molar-refractivity contribution in [1.29, 1.82) is 0 Å². The van der Waals surface area contributed by atoms with Crippen molar-refractivity contribution in [3.05, 3.63) is 52.1 Å². The van der Waals surface area contributed by atoms with Crippen molar-refractivity contribution in [2.45, 2.75) is 6.92 Å². The normalized spacial score (nSPS) is 11.8. The van der Waals surface area contributed by atoms with Gasteiger partial charge >= 0.3 is 0 Å². The summed E-state index contributed by atoms with van der Waals surface area (Å²) in [5.41, 5.74) is 7.88. The van der Waals surface area contributed by atoms with Gasteiger partial charge in [-0.2, -0.15) is 0 Å². The van der Waals surface area contributed by atoms with Gasteiger partial charge < -0.3 is 5.73 Å². The molecule has 2 aromatic heterocycles. The number of thiazole rings is 2. The zero-order valence-electron chi connectivity index (χ0n) is 10.8. The zero-order valence-corrected chi connectivity index (χ0v) is 12.4. The minimum absolute atomic E-state index is 0.446. The van der Waals surface area contributed by atoms with Gasteiger partial charge in [0.2, 0.25) is 0 Å². The van der Waals surface area contributed by atoms with E-state index in [1.165, 1.54) is 11.3 Å². The number of aryl methyl sites for hydroxylation is 1. The lowest BCUT2D eigenvalue weighted by Gasteiger charge is -1.99. The van der Waals surface area contributed by atoms with Crippen LogP contribution in [0.5, 0.6) is 0 Å². The molecule has 1 aromatic carbocycles. The molecule has 3 rings (SSSR count). The van der Waals surface area contributed by atoms with Gasteiger partial charge in [-0.15, -0.1) is 22.7 Å². The second kappa shape index (κ2) is 5.52. The lowest BCUT2D eigenvalue weighted by atomic mass is 10.2. The summed E-state index contributed by atoms with van der Waals surface area (Å²) in [5, 5.41) is 3.69. The Labute approximate surface area is 124 Å². The van der Waals surface area contributed by atoms with Gasteiger partial charge in [-0.05, 0) is 24.6 Å². The highest BCUT2D eigenvalue weighted by Gasteiger charge is 2.03. The Morgan fingerprint density at radius 3 is 2.60 bits per heavy atom. The molecule has 0 aliphatic carbocycles. The quantitative estimate of drug-likeness (QED) is 0.593. The molecular formula is C14H12N4S2. The highest BCUT2D eigenvalue weighted by molar-refractivity contribution is 7.15. The minimum Gasteiger partial charge on any atom is -0.381 e. The summed E-state index contributed by atoms with van der Waals surface area (Å²) in [6.07, 6.45) is 3.61. The smallest absolute Gasteiger partial charge is 0.160 e.